The lowest BCUT2D eigenvalue weighted by Crippen LogP contribution is -2.46. The maximum atomic E-state index is 11.9. The first-order valence-electron chi connectivity index (χ1n) is 13.0. The number of rotatable bonds is 7. The van der Waals surface area contributed by atoms with Crippen molar-refractivity contribution in [2.45, 2.75) is 59.4 Å². The van der Waals surface area contributed by atoms with E-state index >= 15 is 0 Å². The summed E-state index contributed by atoms with van der Waals surface area (Å²) < 4.78 is 4.84. The van der Waals surface area contributed by atoms with E-state index in [-0.39, 0.29) is 11.9 Å². The molecule has 7 nitrogen and oxygen atoms in total. The van der Waals surface area contributed by atoms with E-state index < -0.39 is 0 Å². The second-order valence-corrected chi connectivity index (χ2v) is 10.7. The lowest BCUT2D eigenvalue weighted by Gasteiger charge is -2.39. The number of esters is 1. The number of hydrogen-bond donors (Lipinski definition) is 2. The number of carbonyl (C=O) groups is 2. The number of imidazole rings is 1. The maximum Gasteiger partial charge on any atom is 0.337 e. The van der Waals surface area contributed by atoms with Crippen LogP contribution in [0.4, 0.5) is 0 Å². The van der Waals surface area contributed by atoms with Gasteiger partial charge in [-0.05, 0) is 68.1 Å². The number of benzene rings is 1. The van der Waals surface area contributed by atoms with Gasteiger partial charge in [-0.15, -0.1) is 0 Å². The topological polar surface area (TPSA) is 87.3 Å². The molecule has 0 spiro atoms. The van der Waals surface area contributed by atoms with E-state index in [1.165, 1.54) is 12.7 Å². The van der Waals surface area contributed by atoms with Crippen LogP contribution in [-0.2, 0) is 16.0 Å². The van der Waals surface area contributed by atoms with Crippen LogP contribution in [0.25, 0.3) is 11.0 Å². The normalized spacial score (nSPS) is 23.5. The van der Waals surface area contributed by atoms with Crippen LogP contribution in [0.5, 0.6) is 0 Å². The summed E-state index contributed by atoms with van der Waals surface area (Å²) in [4.78, 5) is 33.7. The monoisotopic (exact) mass is 480 g/mol. The lowest BCUT2D eigenvalue weighted by atomic mass is 9.69. The first-order valence-corrected chi connectivity index (χ1v) is 13.0. The summed E-state index contributed by atoms with van der Waals surface area (Å²) in [5, 5.41) is 3.82. The number of allylic oxidation sites excluding steroid dienone is 1. The number of nitrogens with one attached hydrogen (secondary N) is 2. The van der Waals surface area contributed by atoms with E-state index in [1.807, 2.05) is 17.0 Å². The summed E-state index contributed by atoms with van der Waals surface area (Å²) in [6, 6.07) is 5.96. The Bertz CT molecular complexity index is 1080. The molecule has 35 heavy (non-hydrogen) atoms. The number of hydrogen-bond acceptors (Lipinski definition) is 5. The van der Waals surface area contributed by atoms with Crippen molar-refractivity contribution in [2.24, 2.45) is 23.7 Å². The van der Waals surface area contributed by atoms with E-state index in [4.69, 9.17) is 9.72 Å². The number of nitrogens with zero attached hydrogens (tertiary/aromatic N) is 2. The minimum Gasteiger partial charge on any atom is -0.465 e. The first-order chi connectivity index (χ1) is 16.7. The molecule has 2 heterocycles. The number of aromatic amines is 1. The van der Waals surface area contributed by atoms with Gasteiger partial charge in [-0.2, -0.15) is 0 Å². The second kappa shape index (κ2) is 10.9. The molecular weight excluding hydrogens is 440 g/mol. The van der Waals surface area contributed by atoms with E-state index in [0.717, 1.165) is 62.2 Å². The van der Waals surface area contributed by atoms with Gasteiger partial charge in [-0.1, -0.05) is 25.5 Å². The molecule has 3 unspecified atom stereocenters. The molecular formula is C28H40N4O3. The highest BCUT2D eigenvalue weighted by atomic mass is 16.5. The Balaban J connectivity index is 1.41. The van der Waals surface area contributed by atoms with Crippen molar-refractivity contribution >= 4 is 22.9 Å². The summed E-state index contributed by atoms with van der Waals surface area (Å²) in [7, 11) is 1.40. The molecule has 0 bridgehead atoms. The number of methoxy groups -OCH3 is 1. The third-order valence-corrected chi connectivity index (χ3v) is 8.06. The Morgan fingerprint density at radius 1 is 1.26 bits per heavy atom. The average Bonchev–Trinajstić information content (AvgIpc) is 3.25. The fraction of sp³-hybridized carbons (Fsp3) is 0.607. The Labute approximate surface area is 208 Å². The Morgan fingerprint density at radius 3 is 2.66 bits per heavy atom. The molecule has 1 fully saturated rings. The van der Waals surface area contributed by atoms with Crippen LogP contribution in [0.1, 0.15) is 63.1 Å². The smallest absolute Gasteiger partial charge is 0.337 e. The Hall–Kier alpha value is -2.67. The number of H-pyrrole nitrogens is 1. The van der Waals surface area contributed by atoms with Gasteiger partial charge in [-0.3, -0.25) is 4.79 Å². The number of carbonyl (C=O) groups excluding carboxylic acids is 2. The highest BCUT2D eigenvalue weighted by Crippen LogP contribution is 2.38. The summed E-state index contributed by atoms with van der Waals surface area (Å²) in [6.45, 7) is 11.3. The van der Waals surface area contributed by atoms with Crippen molar-refractivity contribution < 1.29 is 14.3 Å². The third kappa shape index (κ3) is 5.95. The summed E-state index contributed by atoms with van der Waals surface area (Å²) >= 11 is 0. The third-order valence-electron chi connectivity index (χ3n) is 8.06. The van der Waals surface area contributed by atoms with Crippen LogP contribution in [0, 0.1) is 23.7 Å². The van der Waals surface area contributed by atoms with Crippen molar-refractivity contribution in [1.29, 1.82) is 0 Å². The van der Waals surface area contributed by atoms with Gasteiger partial charge in [0.25, 0.3) is 0 Å². The number of piperidine rings is 1. The number of ether oxygens (including phenoxy) is 1. The molecule has 1 amide bonds. The number of amides is 1. The zero-order chi connectivity index (χ0) is 25.1. The van der Waals surface area contributed by atoms with Crippen molar-refractivity contribution in [3.63, 3.8) is 0 Å². The predicted octanol–water partition coefficient (Wildman–Crippen LogP) is 4.35. The summed E-state index contributed by atoms with van der Waals surface area (Å²) in [5.41, 5.74) is 3.73. The minimum absolute atomic E-state index is 0.188. The van der Waals surface area contributed by atoms with Gasteiger partial charge in [0.1, 0.15) is 5.82 Å². The van der Waals surface area contributed by atoms with Crippen LogP contribution in [-0.4, -0.2) is 59.5 Å². The summed E-state index contributed by atoms with van der Waals surface area (Å²) in [6.07, 6.45) is 6.59. The van der Waals surface area contributed by atoms with Gasteiger partial charge in [-0.25, -0.2) is 9.78 Å². The van der Waals surface area contributed by atoms with Crippen molar-refractivity contribution in [3.8, 4) is 0 Å². The molecule has 3 atom stereocenters. The fourth-order valence-electron chi connectivity index (χ4n) is 5.85. The van der Waals surface area contributed by atoms with Gasteiger partial charge >= 0.3 is 5.97 Å². The van der Waals surface area contributed by atoms with Crippen molar-refractivity contribution in [1.82, 2.24) is 20.2 Å². The molecule has 1 aromatic heterocycles. The van der Waals surface area contributed by atoms with Gasteiger partial charge in [0, 0.05) is 39.0 Å². The van der Waals surface area contributed by atoms with Crippen LogP contribution in [0.15, 0.2) is 29.8 Å². The quantitative estimate of drug-likeness (QED) is 0.455. The number of fused-ring (bicyclic) bond motifs is 1. The minimum atomic E-state index is -0.335. The average molecular weight is 481 g/mol. The highest BCUT2D eigenvalue weighted by molar-refractivity contribution is 5.93. The van der Waals surface area contributed by atoms with Gasteiger partial charge < -0.3 is 19.9 Å². The molecule has 7 heteroatoms. The molecule has 1 aliphatic heterocycles. The van der Waals surface area contributed by atoms with Gasteiger partial charge in [0.15, 0.2) is 0 Å². The molecule has 1 saturated heterocycles. The Morgan fingerprint density at radius 2 is 2.00 bits per heavy atom. The van der Waals surface area contributed by atoms with Crippen LogP contribution in [0.2, 0.25) is 0 Å². The fourth-order valence-corrected chi connectivity index (χ4v) is 5.85. The zero-order valence-corrected chi connectivity index (χ0v) is 21.8. The standard InChI is InChI=1S/C28H40N4O3/c1-17(2)24-13-21(15-27-30-25-7-6-20(28(34)35-5)14-26(25)31-27)18(3)12-22(24)16-29-23-8-10-32(11-9-23)19(4)33/h6-7,12,14,17,21-24,29H,8-11,13,15-16H2,1-5H3,(H,30,31). The summed E-state index contributed by atoms with van der Waals surface area (Å²) in [5.74, 6) is 3.02. The van der Waals surface area contributed by atoms with Crippen LogP contribution < -0.4 is 5.32 Å². The van der Waals surface area contributed by atoms with E-state index in [0.29, 0.717) is 35.3 Å². The molecule has 1 aliphatic carbocycles. The SMILES string of the molecule is COC(=O)c1ccc2nc(CC3CC(C(C)C)C(CNC4CCN(C(C)=O)CC4)C=C3C)[nH]c2c1. The van der Waals surface area contributed by atoms with Crippen LogP contribution >= 0.6 is 0 Å². The van der Waals surface area contributed by atoms with Crippen molar-refractivity contribution in [2.75, 3.05) is 26.7 Å². The first kappa shape index (κ1) is 25.4. The molecule has 2 aliphatic rings. The predicted molar refractivity (Wildman–Crippen MR) is 138 cm³/mol. The lowest BCUT2D eigenvalue weighted by molar-refractivity contribution is -0.129. The molecule has 0 radical (unpaired) electrons. The number of aromatic nitrogens is 2. The molecule has 0 saturated carbocycles. The van der Waals surface area contributed by atoms with Crippen LogP contribution in [0.3, 0.4) is 0 Å². The Kier molecular flexibility index (Phi) is 7.95. The van der Waals surface area contributed by atoms with E-state index in [2.05, 4.69) is 37.1 Å². The maximum absolute atomic E-state index is 11.9. The molecule has 190 valence electrons. The van der Waals surface area contributed by atoms with E-state index in [1.54, 1.807) is 13.0 Å². The van der Waals surface area contributed by atoms with Gasteiger partial charge in [0.2, 0.25) is 5.91 Å². The molecule has 4 rings (SSSR count). The molecule has 2 aromatic rings. The number of likely N-dealkylation sites (tertiary alicyclic amines) is 1. The van der Waals surface area contributed by atoms with Crippen molar-refractivity contribution in [3.05, 3.63) is 41.2 Å². The van der Waals surface area contributed by atoms with Gasteiger partial charge in [0.05, 0.1) is 23.7 Å². The largest absolute Gasteiger partial charge is 0.465 e. The molecule has 2 N–H and O–H groups in total. The zero-order valence-electron chi connectivity index (χ0n) is 21.8. The molecule has 1 aromatic carbocycles. The second-order valence-electron chi connectivity index (χ2n) is 10.7. The highest BCUT2D eigenvalue weighted by Gasteiger charge is 2.32. The van der Waals surface area contributed by atoms with E-state index in [9.17, 15) is 9.59 Å².